The Morgan fingerprint density at radius 2 is 2.25 bits per heavy atom. The molecule has 1 fully saturated rings. The molecule has 0 atom stereocenters. The van der Waals surface area contributed by atoms with E-state index >= 15 is 0 Å². The average molecular weight is 304 g/mol. The third-order valence-electron chi connectivity index (χ3n) is 2.33. The summed E-state index contributed by atoms with van der Waals surface area (Å²) >= 11 is 9.21. The fourth-order valence-electron chi connectivity index (χ4n) is 1.31. The average Bonchev–Trinajstić information content (AvgIpc) is 3.04. The lowest BCUT2D eigenvalue weighted by Crippen LogP contribution is -2.29. The highest BCUT2D eigenvalue weighted by molar-refractivity contribution is 9.10. The normalized spacial score (nSPS) is 14.9. The fraction of sp³-hybridized carbons (Fsp3) is 0.364. The molecule has 0 saturated heterocycles. The summed E-state index contributed by atoms with van der Waals surface area (Å²) in [5.41, 5.74) is 0.704. The summed E-state index contributed by atoms with van der Waals surface area (Å²) in [7, 11) is 0. The maximum Gasteiger partial charge on any atom is 0.238 e. The first-order valence-corrected chi connectivity index (χ1v) is 6.30. The van der Waals surface area contributed by atoms with Gasteiger partial charge in [0.15, 0.2) is 0 Å². The van der Waals surface area contributed by atoms with E-state index in [-0.39, 0.29) is 5.91 Å². The molecule has 1 aromatic carbocycles. The van der Waals surface area contributed by atoms with Crippen molar-refractivity contribution in [2.24, 2.45) is 0 Å². The highest BCUT2D eigenvalue weighted by atomic mass is 79.9. The van der Waals surface area contributed by atoms with Crippen LogP contribution in [-0.4, -0.2) is 18.5 Å². The van der Waals surface area contributed by atoms with Crippen LogP contribution in [0.3, 0.4) is 0 Å². The first kappa shape index (κ1) is 11.9. The summed E-state index contributed by atoms with van der Waals surface area (Å²) in [6.07, 6.45) is 2.35. The lowest BCUT2D eigenvalue weighted by atomic mass is 10.3. The fourth-order valence-corrected chi connectivity index (χ4v) is 1.83. The third kappa shape index (κ3) is 3.47. The predicted octanol–water partition coefficient (Wildman–Crippen LogP) is 2.79. The minimum absolute atomic E-state index is 0.0464. The number of rotatable bonds is 4. The monoisotopic (exact) mass is 302 g/mol. The topological polar surface area (TPSA) is 41.1 Å². The molecule has 0 heterocycles. The molecule has 0 aliphatic heterocycles. The van der Waals surface area contributed by atoms with E-state index in [1.165, 1.54) is 12.8 Å². The van der Waals surface area contributed by atoms with Crippen molar-refractivity contribution in [2.75, 3.05) is 11.9 Å². The van der Waals surface area contributed by atoms with Crippen LogP contribution in [0.4, 0.5) is 5.69 Å². The van der Waals surface area contributed by atoms with Gasteiger partial charge in [0.1, 0.15) is 0 Å². The summed E-state index contributed by atoms with van der Waals surface area (Å²) < 4.78 is 0.830. The Hall–Kier alpha value is -0.580. The minimum atomic E-state index is -0.0464. The van der Waals surface area contributed by atoms with Crippen LogP contribution in [0.15, 0.2) is 22.7 Å². The van der Waals surface area contributed by atoms with Crippen LogP contribution in [0.2, 0.25) is 5.02 Å². The molecule has 2 rings (SSSR count). The van der Waals surface area contributed by atoms with Crippen LogP contribution in [0.1, 0.15) is 12.8 Å². The molecule has 2 N–H and O–H groups in total. The highest BCUT2D eigenvalue weighted by Crippen LogP contribution is 2.25. The highest BCUT2D eigenvalue weighted by Gasteiger charge is 2.21. The molecule has 1 aliphatic rings. The van der Waals surface area contributed by atoms with E-state index in [1.807, 2.05) is 6.07 Å². The van der Waals surface area contributed by atoms with E-state index in [0.29, 0.717) is 23.3 Å². The number of anilines is 1. The lowest BCUT2D eigenvalue weighted by Gasteiger charge is -2.08. The molecule has 1 aromatic rings. The molecule has 0 bridgehead atoms. The van der Waals surface area contributed by atoms with E-state index in [9.17, 15) is 4.79 Å². The molecule has 1 aliphatic carbocycles. The standard InChI is InChI=1S/C11H12BrClN2O/c12-9-4-1-7(13)5-10(9)15-11(16)6-14-8-2-3-8/h1,4-5,8,14H,2-3,6H2,(H,15,16). The Kier molecular flexibility index (Phi) is 3.84. The summed E-state index contributed by atoms with van der Waals surface area (Å²) in [5, 5.41) is 6.56. The van der Waals surface area contributed by atoms with Crippen LogP contribution in [0, 0.1) is 0 Å². The van der Waals surface area contributed by atoms with Gasteiger partial charge in [0, 0.05) is 15.5 Å². The molecular formula is C11H12BrClN2O. The van der Waals surface area contributed by atoms with Crippen LogP contribution in [-0.2, 0) is 4.79 Å². The lowest BCUT2D eigenvalue weighted by molar-refractivity contribution is -0.115. The number of nitrogens with one attached hydrogen (secondary N) is 2. The Labute approximate surface area is 108 Å². The zero-order valence-electron chi connectivity index (χ0n) is 8.59. The summed E-state index contributed by atoms with van der Waals surface area (Å²) in [6.45, 7) is 0.351. The Morgan fingerprint density at radius 3 is 2.94 bits per heavy atom. The minimum Gasteiger partial charge on any atom is -0.324 e. The van der Waals surface area contributed by atoms with E-state index in [4.69, 9.17) is 11.6 Å². The van der Waals surface area contributed by atoms with Gasteiger partial charge in [-0.2, -0.15) is 0 Å². The number of halogens is 2. The second-order valence-corrected chi connectivity index (χ2v) is 5.12. The van der Waals surface area contributed by atoms with Gasteiger partial charge in [0.25, 0.3) is 0 Å². The van der Waals surface area contributed by atoms with Crippen LogP contribution in [0.25, 0.3) is 0 Å². The smallest absolute Gasteiger partial charge is 0.238 e. The zero-order chi connectivity index (χ0) is 11.5. The molecule has 0 spiro atoms. The largest absolute Gasteiger partial charge is 0.324 e. The second kappa shape index (κ2) is 5.17. The molecule has 5 heteroatoms. The SMILES string of the molecule is O=C(CNC1CC1)Nc1cc(Cl)ccc1Br. The Bertz CT molecular complexity index is 407. The van der Waals surface area contributed by atoms with Crippen molar-refractivity contribution < 1.29 is 4.79 Å². The van der Waals surface area contributed by atoms with Gasteiger partial charge >= 0.3 is 0 Å². The molecule has 86 valence electrons. The molecular weight excluding hydrogens is 291 g/mol. The number of benzene rings is 1. The number of carbonyl (C=O) groups is 1. The third-order valence-corrected chi connectivity index (χ3v) is 3.26. The van der Waals surface area contributed by atoms with Crippen molar-refractivity contribution in [3.8, 4) is 0 Å². The van der Waals surface area contributed by atoms with Gasteiger partial charge in [-0.05, 0) is 47.0 Å². The van der Waals surface area contributed by atoms with Crippen LogP contribution in [0.5, 0.6) is 0 Å². The van der Waals surface area contributed by atoms with E-state index in [2.05, 4.69) is 26.6 Å². The zero-order valence-corrected chi connectivity index (χ0v) is 10.9. The summed E-state index contributed by atoms with van der Waals surface area (Å²) in [5.74, 6) is -0.0464. The number of amides is 1. The van der Waals surface area contributed by atoms with Gasteiger partial charge in [-0.15, -0.1) is 0 Å². The van der Waals surface area contributed by atoms with Crippen molar-refractivity contribution in [1.29, 1.82) is 0 Å². The van der Waals surface area contributed by atoms with E-state index in [0.717, 1.165) is 4.47 Å². The van der Waals surface area contributed by atoms with Gasteiger partial charge in [-0.25, -0.2) is 0 Å². The predicted molar refractivity (Wildman–Crippen MR) is 68.8 cm³/mol. The summed E-state index contributed by atoms with van der Waals surface area (Å²) in [6, 6.07) is 5.84. The van der Waals surface area contributed by atoms with Crippen LogP contribution >= 0.6 is 27.5 Å². The van der Waals surface area contributed by atoms with E-state index < -0.39 is 0 Å². The number of hydrogen-bond acceptors (Lipinski definition) is 2. The Balaban J connectivity index is 1.91. The van der Waals surface area contributed by atoms with Gasteiger partial charge < -0.3 is 10.6 Å². The maximum absolute atomic E-state index is 11.6. The second-order valence-electron chi connectivity index (χ2n) is 3.83. The summed E-state index contributed by atoms with van der Waals surface area (Å²) in [4.78, 5) is 11.6. The van der Waals surface area contributed by atoms with Gasteiger partial charge in [0.2, 0.25) is 5.91 Å². The molecule has 0 unspecified atom stereocenters. The molecule has 0 radical (unpaired) electrons. The maximum atomic E-state index is 11.6. The number of hydrogen-bond donors (Lipinski definition) is 2. The molecule has 1 saturated carbocycles. The van der Waals surface area contributed by atoms with Crippen molar-refractivity contribution in [1.82, 2.24) is 5.32 Å². The molecule has 0 aromatic heterocycles. The van der Waals surface area contributed by atoms with Gasteiger partial charge in [-0.3, -0.25) is 4.79 Å². The molecule has 3 nitrogen and oxygen atoms in total. The number of carbonyl (C=O) groups excluding carboxylic acids is 1. The van der Waals surface area contributed by atoms with Gasteiger partial charge in [-0.1, -0.05) is 11.6 Å². The van der Waals surface area contributed by atoms with E-state index in [1.54, 1.807) is 12.1 Å². The quantitative estimate of drug-likeness (QED) is 0.898. The van der Waals surface area contributed by atoms with Crippen LogP contribution < -0.4 is 10.6 Å². The van der Waals surface area contributed by atoms with Crippen molar-refractivity contribution in [2.45, 2.75) is 18.9 Å². The first-order valence-electron chi connectivity index (χ1n) is 5.13. The molecule has 16 heavy (non-hydrogen) atoms. The molecule has 1 amide bonds. The Morgan fingerprint density at radius 1 is 1.50 bits per heavy atom. The van der Waals surface area contributed by atoms with Crippen molar-refractivity contribution in [3.05, 3.63) is 27.7 Å². The van der Waals surface area contributed by atoms with Crippen molar-refractivity contribution in [3.63, 3.8) is 0 Å². The van der Waals surface area contributed by atoms with Gasteiger partial charge in [0.05, 0.1) is 12.2 Å². The first-order chi connectivity index (χ1) is 7.65. The van der Waals surface area contributed by atoms with Crippen molar-refractivity contribution >= 4 is 39.1 Å².